The predicted octanol–water partition coefficient (Wildman–Crippen LogP) is 4.29. The molecule has 1 aromatic heterocycles. The Morgan fingerprint density at radius 3 is 2.59 bits per heavy atom. The highest BCUT2D eigenvalue weighted by atomic mass is 79.9. The van der Waals surface area contributed by atoms with Gasteiger partial charge in [0.25, 0.3) is 0 Å². The van der Waals surface area contributed by atoms with Gasteiger partial charge in [0.2, 0.25) is 5.88 Å². The highest BCUT2D eigenvalue weighted by Gasteiger charge is 2.06. The van der Waals surface area contributed by atoms with E-state index >= 15 is 0 Å². The van der Waals surface area contributed by atoms with Gasteiger partial charge in [0, 0.05) is 20.7 Å². The molecule has 2 aromatic rings. The Labute approximate surface area is 116 Å². The van der Waals surface area contributed by atoms with Crippen molar-refractivity contribution in [1.29, 1.82) is 0 Å². The zero-order chi connectivity index (χ0) is 12.4. The third kappa shape index (κ3) is 2.98. The monoisotopic (exact) mass is 356 g/mol. The van der Waals surface area contributed by atoms with E-state index in [0.717, 1.165) is 14.5 Å². The van der Waals surface area contributed by atoms with Crippen molar-refractivity contribution in [2.75, 3.05) is 5.73 Å². The second kappa shape index (κ2) is 5.06. The standard InChI is InChI=1S/C12H10Br2N2O/c1-7-4-9(14)6-16-12(7)17-11-3-2-8(13)5-10(11)15/h2-6H,15H2,1H3. The molecule has 1 heterocycles. The lowest BCUT2D eigenvalue weighted by atomic mass is 10.3. The predicted molar refractivity (Wildman–Crippen MR) is 75.3 cm³/mol. The van der Waals surface area contributed by atoms with Crippen molar-refractivity contribution < 1.29 is 4.74 Å². The fraction of sp³-hybridized carbons (Fsp3) is 0.0833. The summed E-state index contributed by atoms with van der Waals surface area (Å²) in [7, 11) is 0. The maximum Gasteiger partial charge on any atom is 0.222 e. The summed E-state index contributed by atoms with van der Waals surface area (Å²) in [4.78, 5) is 4.20. The number of rotatable bonds is 2. The van der Waals surface area contributed by atoms with E-state index in [-0.39, 0.29) is 0 Å². The number of hydrogen-bond acceptors (Lipinski definition) is 3. The quantitative estimate of drug-likeness (QED) is 0.815. The fourth-order valence-corrected chi connectivity index (χ4v) is 2.18. The van der Waals surface area contributed by atoms with E-state index in [2.05, 4.69) is 36.8 Å². The Bertz CT molecular complexity index is 509. The van der Waals surface area contributed by atoms with Gasteiger partial charge in [-0.3, -0.25) is 0 Å². The van der Waals surface area contributed by atoms with Gasteiger partial charge in [-0.1, -0.05) is 15.9 Å². The molecule has 1 aromatic carbocycles. The summed E-state index contributed by atoms with van der Waals surface area (Å²) < 4.78 is 7.51. The third-order valence-corrected chi connectivity index (χ3v) is 3.10. The van der Waals surface area contributed by atoms with Crippen molar-refractivity contribution in [3.63, 3.8) is 0 Å². The lowest BCUT2D eigenvalue weighted by molar-refractivity contribution is 0.461. The molecule has 0 saturated heterocycles. The first-order valence-electron chi connectivity index (χ1n) is 4.91. The van der Waals surface area contributed by atoms with Gasteiger partial charge >= 0.3 is 0 Å². The highest BCUT2D eigenvalue weighted by Crippen LogP contribution is 2.30. The SMILES string of the molecule is Cc1cc(Br)cnc1Oc1ccc(Br)cc1N. The third-order valence-electron chi connectivity index (χ3n) is 2.18. The summed E-state index contributed by atoms with van der Waals surface area (Å²) in [6, 6.07) is 7.42. The smallest absolute Gasteiger partial charge is 0.222 e. The average Bonchev–Trinajstić information content (AvgIpc) is 2.25. The van der Waals surface area contributed by atoms with Crippen LogP contribution in [0.25, 0.3) is 0 Å². The van der Waals surface area contributed by atoms with E-state index in [4.69, 9.17) is 10.5 Å². The van der Waals surface area contributed by atoms with Crippen LogP contribution >= 0.6 is 31.9 Å². The Hall–Kier alpha value is -1.07. The van der Waals surface area contributed by atoms with Crippen molar-refractivity contribution in [2.45, 2.75) is 6.92 Å². The summed E-state index contributed by atoms with van der Waals surface area (Å²) in [6.07, 6.45) is 1.69. The number of aryl methyl sites for hydroxylation is 1. The molecule has 2 N–H and O–H groups in total. The fourth-order valence-electron chi connectivity index (χ4n) is 1.35. The van der Waals surface area contributed by atoms with Gasteiger partial charge in [-0.25, -0.2) is 4.98 Å². The Morgan fingerprint density at radius 1 is 1.18 bits per heavy atom. The van der Waals surface area contributed by atoms with Crippen LogP contribution in [0.1, 0.15) is 5.56 Å². The molecule has 88 valence electrons. The van der Waals surface area contributed by atoms with Gasteiger partial charge in [-0.05, 0) is 47.1 Å². The number of pyridine rings is 1. The van der Waals surface area contributed by atoms with Crippen molar-refractivity contribution in [3.8, 4) is 11.6 Å². The summed E-state index contributed by atoms with van der Waals surface area (Å²) >= 11 is 6.71. The number of nitrogen functional groups attached to an aromatic ring is 1. The second-order valence-electron chi connectivity index (χ2n) is 3.56. The van der Waals surface area contributed by atoms with Crippen molar-refractivity contribution in [2.24, 2.45) is 0 Å². The zero-order valence-corrected chi connectivity index (χ0v) is 12.2. The van der Waals surface area contributed by atoms with Crippen LogP contribution in [0.3, 0.4) is 0 Å². The number of halogens is 2. The lowest BCUT2D eigenvalue weighted by Crippen LogP contribution is -1.95. The number of nitrogens with two attached hydrogens (primary N) is 1. The topological polar surface area (TPSA) is 48.1 Å². The van der Waals surface area contributed by atoms with E-state index < -0.39 is 0 Å². The molecule has 17 heavy (non-hydrogen) atoms. The molecule has 0 radical (unpaired) electrons. The van der Waals surface area contributed by atoms with E-state index in [9.17, 15) is 0 Å². The highest BCUT2D eigenvalue weighted by molar-refractivity contribution is 9.10. The zero-order valence-electron chi connectivity index (χ0n) is 9.08. The minimum atomic E-state index is 0.558. The molecule has 0 fully saturated rings. The minimum Gasteiger partial charge on any atom is -0.437 e. The molecule has 3 nitrogen and oxygen atoms in total. The molecule has 0 amide bonds. The first-order chi connectivity index (χ1) is 8.06. The van der Waals surface area contributed by atoms with E-state index in [1.54, 1.807) is 12.3 Å². The number of ether oxygens (including phenoxy) is 1. The summed E-state index contributed by atoms with van der Waals surface area (Å²) in [5.41, 5.74) is 7.38. The molecule has 0 spiro atoms. The van der Waals surface area contributed by atoms with Gasteiger partial charge in [0.05, 0.1) is 5.69 Å². The summed E-state index contributed by atoms with van der Waals surface area (Å²) in [5.74, 6) is 1.16. The van der Waals surface area contributed by atoms with Crippen LogP contribution < -0.4 is 10.5 Å². The number of hydrogen-bond donors (Lipinski definition) is 1. The largest absolute Gasteiger partial charge is 0.437 e. The van der Waals surface area contributed by atoms with Crippen molar-refractivity contribution >= 4 is 37.5 Å². The number of aromatic nitrogens is 1. The van der Waals surface area contributed by atoms with E-state index in [1.165, 1.54) is 0 Å². The Morgan fingerprint density at radius 2 is 1.94 bits per heavy atom. The summed E-state index contributed by atoms with van der Waals surface area (Å²) in [6.45, 7) is 1.93. The molecule has 0 aliphatic heterocycles. The van der Waals surface area contributed by atoms with Crippen LogP contribution in [0.5, 0.6) is 11.6 Å². The van der Waals surface area contributed by atoms with Gasteiger partial charge in [-0.15, -0.1) is 0 Å². The van der Waals surface area contributed by atoms with Crippen LogP contribution in [-0.2, 0) is 0 Å². The molecule has 0 aliphatic carbocycles. The van der Waals surface area contributed by atoms with Gasteiger partial charge in [0.15, 0.2) is 5.75 Å². The van der Waals surface area contributed by atoms with Gasteiger partial charge in [0.1, 0.15) is 0 Å². The molecule has 0 saturated carbocycles. The van der Waals surface area contributed by atoms with Crippen LogP contribution in [0.15, 0.2) is 39.4 Å². The molecule has 0 atom stereocenters. The van der Waals surface area contributed by atoms with Crippen LogP contribution in [-0.4, -0.2) is 4.98 Å². The molecule has 0 unspecified atom stereocenters. The maximum absolute atomic E-state index is 5.86. The van der Waals surface area contributed by atoms with E-state index in [0.29, 0.717) is 17.3 Å². The van der Waals surface area contributed by atoms with Crippen molar-refractivity contribution in [3.05, 3.63) is 45.0 Å². The van der Waals surface area contributed by atoms with Gasteiger partial charge in [-0.2, -0.15) is 0 Å². The van der Waals surface area contributed by atoms with Crippen LogP contribution in [0.4, 0.5) is 5.69 Å². The normalized spacial score (nSPS) is 10.3. The molecule has 2 rings (SSSR count). The molecule has 0 aliphatic rings. The number of anilines is 1. The van der Waals surface area contributed by atoms with E-state index in [1.807, 2.05) is 25.1 Å². The molecular weight excluding hydrogens is 348 g/mol. The number of benzene rings is 1. The first kappa shape index (κ1) is 12.4. The molecule has 5 heteroatoms. The van der Waals surface area contributed by atoms with Crippen LogP contribution in [0.2, 0.25) is 0 Å². The van der Waals surface area contributed by atoms with Crippen molar-refractivity contribution in [1.82, 2.24) is 4.98 Å². The Balaban J connectivity index is 2.31. The average molecular weight is 358 g/mol. The first-order valence-corrected chi connectivity index (χ1v) is 6.50. The Kier molecular flexibility index (Phi) is 3.69. The van der Waals surface area contributed by atoms with Gasteiger partial charge < -0.3 is 10.5 Å². The molecule has 0 bridgehead atoms. The minimum absolute atomic E-state index is 0.558. The van der Waals surface area contributed by atoms with Crippen LogP contribution in [0, 0.1) is 6.92 Å². The lowest BCUT2D eigenvalue weighted by Gasteiger charge is -2.09. The summed E-state index contributed by atoms with van der Waals surface area (Å²) in [5, 5.41) is 0. The second-order valence-corrected chi connectivity index (χ2v) is 5.39. The maximum atomic E-state index is 5.86. The molecular formula is C12H10Br2N2O. The number of nitrogens with zero attached hydrogens (tertiary/aromatic N) is 1.